The SMILES string of the molecule is CC(NC1(CO)CC1)C(=O)N1CCCCC1. The highest BCUT2D eigenvalue weighted by molar-refractivity contribution is 5.81. The lowest BCUT2D eigenvalue weighted by atomic mass is 10.1. The minimum Gasteiger partial charge on any atom is -0.394 e. The maximum absolute atomic E-state index is 12.1. The molecule has 0 aromatic heterocycles. The van der Waals surface area contributed by atoms with Crippen LogP contribution in [0.3, 0.4) is 0 Å². The minimum absolute atomic E-state index is 0.143. The number of aliphatic hydroxyl groups excluding tert-OH is 1. The van der Waals surface area contributed by atoms with Gasteiger partial charge >= 0.3 is 0 Å². The molecule has 1 amide bonds. The number of aliphatic hydroxyl groups is 1. The van der Waals surface area contributed by atoms with E-state index in [4.69, 9.17) is 0 Å². The van der Waals surface area contributed by atoms with Crippen LogP contribution in [0.25, 0.3) is 0 Å². The molecule has 1 atom stereocenters. The zero-order valence-electron chi connectivity index (χ0n) is 10.0. The van der Waals surface area contributed by atoms with E-state index in [9.17, 15) is 9.90 Å². The molecular formula is C12H22N2O2. The summed E-state index contributed by atoms with van der Waals surface area (Å²) in [7, 11) is 0. The Morgan fingerprint density at radius 3 is 2.50 bits per heavy atom. The second-order valence-electron chi connectivity index (χ2n) is 5.19. The van der Waals surface area contributed by atoms with Gasteiger partial charge in [-0.05, 0) is 39.0 Å². The largest absolute Gasteiger partial charge is 0.394 e. The van der Waals surface area contributed by atoms with Gasteiger partial charge in [0, 0.05) is 18.6 Å². The molecule has 0 spiro atoms. The number of nitrogens with one attached hydrogen (secondary N) is 1. The van der Waals surface area contributed by atoms with Crippen LogP contribution in [0, 0.1) is 0 Å². The molecule has 1 saturated carbocycles. The molecule has 0 aromatic rings. The summed E-state index contributed by atoms with van der Waals surface area (Å²) < 4.78 is 0. The normalized spacial score (nSPS) is 25.2. The van der Waals surface area contributed by atoms with Gasteiger partial charge in [0.15, 0.2) is 0 Å². The van der Waals surface area contributed by atoms with Gasteiger partial charge < -0.3 is 10.0 Å². The van der Waals surface area contributed by atoms with Gasteiger partial charge in [-0.3, -0.25) is 10.1 Å². The van der Waals surface area contributed by atoms with Crippen LogP contribution in [0.1, 0.15) is 39.0 Å². The lowest BCUT2D eigenvalue weighted by molar-refractivity contribution is -0.134. The first kappa shape index (κ1) is 11.9. The van der Waals surface area contributed by atoms with E-state index in [1.165, 1.54) is 6.42 Å². The lowest BCUT2D eigenvalue weighted by Gasteiger charge is -2.31. The van der Waals surface area contributed by atoms with Crippen molar-refractivity contribution in [2.45, 2.75) is 50.6 Å². The molecule has 1 unspecified atom stereocenters. The molecule has 4 nitrogen and oxygen atoms in total. The van der Waals surface area contributed by atoms with Crippen LogP contribution >= 0.6 is 0 Å². The Kier molecular flexibility index (Phi) is 3.50. The molecule has 1 saturated heterocycles. The standard InChI is InChI=1S/C12H22N2O2/c1-10(13-12(9-15)5-6-12)11(16)14-7-3-2-4-8-14/h10,13,15H,2-9H2,1H3. The van der Waals surface area contributed by atoms with Crippen LogP contribution in [-0.4, -0.2) is 47.2 Å². The van der Waals surface area contributed by atoms with Crippen molar-refractivity contribution in [3.63, 3.8) is 0 Å². The number of hydrogen-bond acceptors (Lipinski definition) is 3. The summed E-state index contributed by atoms with van der Waals surface area (Å²) in [6.07, 6.45) is 5.47. The topological polar surface area (TPSA) is 52.6 Å². The Balaban J connectivity index is 1.83. The number of nitrogens with zero attached hydrogens (tertiary/aromatic N) is 1. The molecule has 2 fully saturated rings. The minimum atomic E-state index is -0.159. The van der Waals surface area contributed by atoms with E-state index < -0.39 is 0 Å². The first-order valence-corrected chi connectivity index (χ1v) is 6.34. The van der Waals surface area contributed by atoms with Gasteiger partial charge in [-0.25, -0.2) is 0 Å². The molecular weight excluding hydrogens is 204 g/mol. The highest BCUT2D eigenvalue weighted by Gasteiger charge is 2.44. The van der Waals surface area contributed by atoms with Crippen molar-refractivity contribution >= 4 is 5.91 Å². The van der Waals surface area contributed by atoms with Crippen LogP contribution in [0.4, 0.5) is 0 Å². The average Bonchev–Trinajstić information content (AvgIpc) is 3.09. The van der Waals surface area contributed by atoms with E-state index in [0.29, 0.717) is 0 Å². The van der Waals surface area contributed by atoms with E-state index >= 15 is 0 Å². The summed E-state index contributed by atoms with van der Waals surface area (Å²) in [6, 6.07) is -0.159. The van der Waals surface area contributed by atoms with Gasteiger partial charge in [-0.15, -0.1) is 0 Å². The first-order valence-electron chi connectivity index (χ1n) is 6.34. The predicted octanol–water partition coefficient (Wildman–Crippen LogP) is 0.502. The summed E-state index contributed by atoms with van der Waals surface area (Å²) in [5.74, 6) is 0.194. The quantitative estimate of drug-likeness (QED) is 0.734. The number of amides is 1. The third kappa shape index (κ3) is 2.55. The molecule has 0 aromatic carbocycles. The fraction of sp³-hybridized carbons (Fsp3) is 0.917. The summed E-state index contributed by atoms with van der Waals surface area (Å²) in [5, 5.41) is 12.5. The Bertz CT molecular complexity index is 258. The maximum Gasteiger partial charge on any atom is 0.239 e. The van der Waals surface area contributed by atoms with Crippen LogP contribution in [0.2, 0.25) is 0 Å². The number of carbonyl (C=O) groups is 1. The van der Waals surface area contributed by atoms with Gasteiger partial charge in [-0.1, -0.05) is 0 Å². The van der Waals surface area contributed by atoms with Gasteiger partial charge in [-0.2, -0.15) is 0 Å². The Labute approximate surface area is 97.0 Å². The smallest absolute Gasteiger partial charge is 0.239 e. The van der Waals surface area contributed by atoms with Crippen molar-refractivity contribution in [2.24, 2.45) is 0 Å². The molecule has 2 rings (SSSR count). The Morgan fingerprint density at radius 2 is 2.00 bits per heavy atom. The van der Waals surface area contributed by atoms with Crippen molar-refractivity contribution < 1.29 is 9.90 Å². The number of rotatable bonds is 4. The van der Waals surface area contributed by atoms with Crippen molar-refractivity contribution in [1.82, 2.24) is 10.2 Å². The molecule has 2 N–H and O–H groups in total. The van der Waals surface area contributed by atoms with Gasteiger partial charge in [0.25, 0.3) is 0 Å². The van der Waals surface area contributed by atoms with Crippen LogP contribution in [-0.2, 0) is 4.79 Å². The van der Waals surface area contributed by atoms with Crippen LogP contribution in [0.5, 0.6) is 0 Å². The second kappa shape index (κ2) is 4.72. The Morgan fingerprint density at radius 1 is 1.38 bits per heavy atom. The fourth-order valence-electron chi connectivity index (χ4n) is 2.41. The third-order valence-electron chi connectivity index (χ3n) is 3.72. The lowest BCUT2D eigenvalue weighted by Crippen LogP contribution is -2.51. The number of hydrogen-bond donors (Lipinski definition) is 2. The summed E-state index contributed by atoms with van der Waals surface area (Å²) in [5.41, 5.74) is -0.148. The third-order valence-corrected chi connectivity index (χ3v) is 3.72. The van der Waals surface area contributed by atoms with Crippen molar-refractivity contribution in [2.75, 3.05) is 19.7 Å². The second-order valence-corrected chi connectivity index (χ2v) is 5.19. The highest BCUT2D eigenvalue weighted by atomic mass is 16.3. The molecule has 2 aliphatic rings. The van der Waals surface area contributed by atoms with E-state index in [2.05, 4.69) is 5.32 Å². The van der Waals surface area contributed by atoms with Crippen molar-refractivity contribution in [3.8, 4) is 0 Å². The molecule has 0 bridgehead atoms. The average molecular weight is 226 g/mol. The van der Waals surface area contributed by atoms with E-state index in [1.54, 1.807) is 0 Å². The van der Waals surface area contributed by atoms with Gasteiger partial charge in [0.05, 0.1) is 12.6 Å². The van der Waals surface area contributed by atoms with Gasteiger partial charge in [0.1, 0.15) is 0 Å². The van der Waals surface area contributed by atoms with E-state index in [1.807, 2.05) is 11.8 Å². The first-order chi connectivity index (χ1) is 7.67. The summed E-state index contributed by atoms with van der Waals surface area (Å²) in [6.45, 7) is 3.85. The van der Waals surface area contributed by atoms with Gasteiger partial charge in [0.2, 0.25) is 5.91 Å². The predicted molar refractivity (Wildman–Crippen MR) is 62.1 cm³/mol. The molecule has 4 heteroatoms. The molecule has 0 radical (unpaired) electrons. The monoisotopic (exact) mass is 226 g/mol. The molecule has 16 heavy (non-hydrogen) atoms. The van der Waals surface area contributed by atoms with E-state index in [-0.39, 0.29) is 24.1 Å². The number of piperidine rings is 1. The summed E-state index contributed by atoms with van der Waals surface area (Å²) in [4.78, 5) is 14.1. The molecule has 1 aliphatic heterocycles. The van der Waals surface area contributed by atoms with Crippen LogP contribution < -0.4 is 5.32 Å². The molecule has 1 aliphatic carbocycles. The zero-order chi connectivity index (χ0) is 11.6. The Hall–Kier alpha value is -0.610. The number of likely N-dealkylation sites (tertiary alicyclic amines) is 1. The zero-order valence-corrected chi connectivity index (χ0v) is 10.0. The van der Waals surface area contributed by atoms with E-state index in [0.717, 1.165) is 38.8 Å². The molecule has 92 valence electrons. The van der Waals surface area contributed by atoms with Crippen molar-refractivity contribution in [1.29, 1.82) is 0 Å². The van der Waals surface area contributed by atoms with Crippen LogP contribution in [0.15, 0.2) is 0 Å². The van der Waals surface area contributed by atoms with Crippen molar-refractivity contribution in [3.05, 3.63) is 0 Å². The fourth-order valence-corrected chi connectivity index (χ4v) is 2.41. The summed E-state index contributed by atoms with van der Waals surface area (Å²) >= 11 is 0. The maximum atomic E-state index is 12.1. The number of carbonyl (C=O) groups excluding carboxylic acids is 1. The molecule has 1 heterocycles. The highest BCUT2D eigenvalue weighted by Crippen LogP contribution is 2.35.